The van der Waals surface area contributed by atoms with Crippen molar-refractivity contribution in [2.75, 3.05) is 0 Å². The minimum atomic E-state index is -0.342. The van der Waals surface area contributed by atoms with Crippen LogP contribution in [0.4, 0.5) is 0 Å². The van der Waals surface area contributed by atoms with E-state index in [0.29, 0.717) is 0 Å². The van der Waals surface area contributed by atoms with Crippen LogP contribution in [-0.4, -0.2) is 34.8 Å². The quantitative estimate of drug-likeness (QED) is 0.756. The normalized spacial score (nSPS) is 27.1. The predicted molar refractivity (Wildman–Crippen MR) is 58.3 cm³/mol. The van der Waals surface area contributed by atoms with E-state index >= 15 is 0 Å². The number of nitrogens with zero attached hydrogens (tertiary/aromatic N) is 1. The first-order chi connectivity index (χ1) is 6.99. The number of piperazine rings is 1. The first kappa shape index (κ1) is 12.0. The summed E-state index contributed by atoms with van der Waals surface area (Å²) >= 11 is 0. The third kappa shape index (κ3) is 2.30. The molecular formula is C11H20N2O2. The van der Waals surface area contributed by atoms with Crippen molar-refractivity contribution in [2.45, 2.75) is 58.7 Å². The summed E-state index contributed by atoms with van der Waals surface area (Å²) in [7, 11) is 0. The fourth-order valence-corrected chi connectivity index (χ4v) is 2.04. The highest BCUT2D eigenvalue weighted by Crippen LogP contribution is 2.15. The third-order valence-corrected chi connectivity index (χ3v) is 2.80. The molecule has 0 bridgehead atoms. The molecule has 1 fully saturated rings. The molecular weight excluding hydrogens is 192 g/mol. The minimum absolute atomic E-state index is 0.0400. The molecule has 1 heterocycles. The Hall–Kier alpha value is -1.06. The summed E-state index contributed by atoms with van der Waals surface area (Å²) in [5.74, 6) is 0.0145. The smallest absolute Gasteiger partial charge is 0.246 e. The third-order valence-electron chi connectivity index (χ3n) is 2.80. The lowest BCUT2D eigenvalue weighted by atomic mass is 10.0. The monoisotopic (exact) mass is 212 g/mol. The van der Waals surface area contributed by atoms with Crippen LogP contribution in [0.3, 0.4) is 0 Å². The van der Waals surface area contributed by atoms with E-state index < -0.39 is 0 Å². The summed E-state index contributed by atoms with van der Waals surface area (Å²) in [5.41, 5.74) is 0. The van der Waals surface area contributed by atoms with Gasteiger partial charge in [-0.3, -0.25) is 9.59 Å². The Balaban J connectivity index is 2.84. The first-order valence-corrected chi connectivity index (χ1v) is 5.61. The van der Waals surface area contributed by atoms with E-state index in [9.17, 15) is 9.59 Å². The van der Waals surface area contributed by atoms with Gasteiger partial charge in [-0.25, -0.2) is 0 Å². The van der Waals surface area contributed by atoms with E-state index in [1.165, 1.54) is 0 Å². The van der Waals surface area contributed by atoms with Gasteiger partial charge in [0.15, 0.2) is 0 Å². The van der Waals surface area contributed by atoms with Crippen molar-refractivity contribution in [1.29, 1.82) is 0 Å². The Kier molecular flexibility index (Phi) is 3.72. The second-order valence-corrected chi connectivity index (χ2v) is 4.37. The molecule has 1 rings (SSSR count). The Labute approximate surface area is 91.0 Å². The molecule has 1 aliphatic heterocycles. The molecule has 0 spiro atoms. The van der Waals surface area contributed by atoms with Crippen LogP contribution in [0.2, 0.25) is 0 Å². The molecule has 2 amide bonds. The molecule has 86 valence electrons. The molecule has 0 aliphatic carbocycles. The van der Waals surface area contributed by atoms with Crippen molar-refractivity contribution >= 4 is 11.8 Å². The van der Waals surface area contributed by atoms with Crippen molar-refractivity contribution in [3.63, 3.8) is 0 Å². The van der Waals surface area contributed by atoms with Crippen molar-refractivity contribution in [1.82, 2.24) is 10.2 Å². The largest absolute Gasteiger partial charge is 0.343 e. The molecule has 4 nitrogen and oxygen atoms in total. The SMILES string of the molecule is CCCC1NC(=O)C(C)N(C(C)C)C1=O. The van der Waals surface area contributed by atoms with E-state index in [-0.39, 0.29) is 29.9 Å². The standard InChI is InChI=1S/C11H20N2O2/c1-5-6-9-11(15)13(7(2)3)8(4)10(14)12-9/h7-9H,5-6H2,1-4H3,(H,12,14). The van der Waals surface area contributed by atoms with Gasteiger partial charge in [-0.1, -0.05) is 13.3 Å². The average molecular weight is 212 g/mol. The van der Waals surface area contributed by atoms with E-state index in [1.54, 1.807) is 11.8 Å². The first-order valence-electron chi connectivity index (χ1n) is 5.61. The minimum Gasteiger partial charge on any atom is -0.343 e. The Morgan fingerprint density at radius 3 is 2.47 bits per heavy atom. The maximum absolute atomic E-state index is 12.0. The van der Waals surface area contributed by atoms with Gasteiger partial charge in [0.25, 0.3) is 0 Å². The molecule has 2 atom stereocenters. The maximum Gasteiger partial charge on any atom is 0.246 e. The number of carbonyl (C=O) groups is 2. The second kappa shape index (κ2) is 4.64. The number of carbonyl (C=O) groups excluding carboxylic acids is 2. The van der Waals surface area contributed by atoms with Crippen molar-refractivity contribution in [3.8, 4) is 0 Å². The highest BCUT2D eigenvalue weighted by molar-refractivity contribution is 5.96. The van der Waals surface area contributed by atoms with Crippen LogP contribution in [0.15, 0.2) is 0 Å². The van der Waals surface area contributed by atoms with Gasteiger partial charge in [0.05, 0.1) is 0 Å². The highest BCUT2D eigenvalue weighted by atomic mass is 16.2. The van der Waals surface area contributed by atoms with Gasteiger partial charge in [-0.05, 0) is 27.2 Å². The number of amides is 2. The van der Waals surface area contributed by atoms with Crippen LogP contribution in [-0.2, 0) is 9.59 Å². The van der Waals surface area contributed by atoms with Crippen LogP contribution in [0.5, 0.6) is 0 Å². The van der Waals surface area contributed by atoms with Gasteiger partial charge in [0, 0.05) is 6.04 Å². The molecule has 1 N–H and O–H groups in total. The lowest BCUT2D eigenvalue weighted by molar-refractivity contribution is -0.150. The van der Waals surface area contributed by atoms with E-state index in [0.717, 1.165) is 12.8 Å². The molecule has 2 unspecified atom stereocenters. The van der Waals surface area contributed by atoms with Gasteiger partial charge in [-0.2, -0.15) is 0 Å². The molecule has 0 saturated carbocycles. The number of hydrogen-bond acceptors (Lipinski definition) is 2. The van der Waals surface area contributed by atoms with Crippen LogP contribution in [0.25, 0.3) is 0 Å². The number of hydrogen-bond donors (Lipinski definition) is 1. The molecule has 1 aliphatic rings. The van der Waals surface area contributed by atoms with Gasteiger partial charge in [-0.15, -0.1) is 0 Å². The summed E-state index contributed by atoms with van der Waals surface area (Å²) in [5, 5.41) is 2.77. The van der Waals surface area contributed by atoms with Gasteiger partial charge in [0.1, 0.15) is 12.1 Å². The highest BCUT2D eigenvalue weighted by Gasteiger charge is 2.38. The van der Waals surface area contributed by atoms with Gasteiger partial charge in [0.2, 0.25) is 11.8 Å². The van der Waals surface area contributed by atoms with Crippen molar-refractivity contribution in [2.24, 2.45) is 0 Å². The average Bonchev–Trinajstić information content (AvgIpc) is 2.14. The Morgan fingerprint density at radius 2 is 2.00 bits per heavy atom. The topological polar surface area (TPSA) is 49.4 Å². The van der Waals surface area contributed by atoms with E-state index in [1.807, 2.05) is 20.8 Å². The molecule has 0 aromatic rings. The van der Waals surface area contributed by atoms with Crippen molar-refractivity contribution < 1.29 is 9.59 Å². The van der Waals surface area contributed by atoms with Crippen molar-refractivity contribution in [3.05, 3.63) is 0 Å². The van der Waals surface area contributed by atoms with Gasteiger partial charge < -0.3 is 10.2 Å². The summed E-state index contributed by atoms with van der Waals surface area (Å²) in [6.07, 6.45) is 1.62. The van der Waals surface area contributed by atoms with Gasteiger partial charge >= 0.3 is 0 Å². The Bertz CT molecular complexity index is 263. The lowest BCUT2D eigenvalue weighted by Gasteiger charge is -2.39. The molecule has 15 heavy (non-hydrogen) atoms. The summed E-state index contributed by atoms with van der Waals surface area (Å²) in [6.45, 7) is 7.67. The van der Waals surface area contributed by atoms with Crippen LogP contribution < -0.4 is 5.32 Å². The molecule has 0 aromatic carbocycles. The van der Waals surface area contributed by atoms with Crippen LogP contribution >= 0.6 is 0 Å². The molecule has 0 aromatic heterocycles. The number of nitrogens with one attached hydrogen (secondary N) is 1. The number of rotatable bonds is 3. The maximum atomic E-state index is 12.0. The van der Waals surface area contributed by atoms with E-state index in [2.05, 4.69) is 5.32 Å². The zero-order valence-electron chi connectivity index (χ0n) is 9.91. The zero-order chi connectivity index (χ0) is 11.6. The van der Waals surface area contributed by atoms with Crippen LogP contribution in [0, 0.1) is 0 Å². The summed E-state index contributed by atoms with van der Waals surface area (Å²) < 4.78 is 0. The fraction of sp³-hybridized carbons (Fsp3) is 0.818. The molecule has 4 heteroatoms. The Morgan fingerprint density at radius 1 is 1.40 bits per heavy atom. The zero-order valence-corrected chi connectivity index (χ0v) is 9.91. The predicted octanol–water partition coefficient (Wildman–Crippen LogP) is 0.910. The lowest BCUT2D eigenvalue weighted by Crippen LogP contribution is -2.63. The fourth-order valence-electron chi connectivity index (χ4n) is 2.04. The van der Waals surface area contributed by atoms with E-state index in [4.69, 9.17) is 0 Å². The molecule has 1 saturated heterocycles. The molecule has 0 radical (unpaired) electrons. The second-order valence-electron chi connectivity index (χ2n) is 4.37. The summed E-state index contributed by atoms with van der Waals surface area (Å²) in [4.78, 5) is 25.3. The van der Waals surface area contributed by atoms with Crippen LogP contribution in [0.1, 0.15) is 40.5 Å². The summed E-state index contributed by atoms with van der Waals surface area (Å²) in [6, 6.07) is -0.579.